The molecule has 0 amide bonds. The zero-order valence-corrected chi connectivity index (χ0v) is 9.90. The Morgan fingerprint density at radius 3 is 2.40 bits per heavy atom. The molecule has 1 aromatic carbocycles. The number of fused-ring (bicyclic) bond motifs is 1. The molecule has 1 heteroatoms. The molecule has 0 saturated heterocycles. The predicted molar refractivity (Wildman–Crippen MR) is 64.7 cm³/mol. The summed E-state index contributed by atoms with van der Waals surface area (Å²) in [5.74, 6) is 2.00. The van der Waals surface area contributed by atoms with E-state index < -0.39 is 0 Å². The minimum atomic E-state index is 0.241. The van der Waals surface area contributed by atoms with Gasteiger partial charge in [-0.05, 0) is 35.3 Å². The Morgan fingerprint density at radius 1 is 1.20 bits per heavy atom. The lowest BCUT2D eigenvalue weighted by molar-refractivity contribution is 0.373. The van der Waals surface area contributed by atoms with Gasteiger partial charge in [0.25, 0.3) is 0 Å². The molecule has 0 heterocycles. The first kappa shape index (κ1) is 10.7. The molecule has 1 aliphatic carbocycles. The quantitative estimate of drug-likeness (QED) is 0.782. The highest BCUT2D eigenvalue weighted by molar-refractivity contribution is 5.39. The highest BCUT2D eigenvalue weighted by atomic mass is 14.7. The zero-order chi connectivity index (χ0) is 11.0. The molecule has 0 bridgehead atoms. The van der Waals surface area contributed by atoms with Crippen molar-refractivity contribution in [3.63, 3.8) is 0 Å². The van der Waals surface area contributed by atoms with Gasteiger partial charge < -0.3 is 5.73 Å². The molecule has 0 fully saturated rings. The molecule has 0 saturated carbocycles. The molecule has 1 aromatic rings. The Balaban J connectivity index is 2.33. The standard InChI is InChI=1S/C14H21N/c1-9(2)8-13-10(3)14(15)12-7-5-4-6-11(12)13/h4-7,9-10,13-14H,8,15H2,1-3H3. The van der Waals surface area contributed by atoms with Gasteiger partial charge in [0.2, 0.25) is 0 Å². The molecule has 0 aliphatic heterocycles. The highest BCUT2D eigenvalue weighted by Gasteiger charge is 2.35. The monoisotopic (exact) mass is 203 g/mol. The lowest BCUT2D eigenvalue weighted by Crippen LogP contribution is -2.17. The lowest BCUT2D eigenvalue weighted by atomic mass is 9.85. The fourth-order valence-electron chi connectivity index (χ4n) is 2.82. The molecule has 1 nitrogen and oxygen atoms in total. The Kier molecular flexibility index (Phi) is 2.83. The second kappa shape index (κ2) is 3.97. The summed E-state index contributed by atoms with van der Waals surface area (Å²) in [6, 6.07) is 8.92. The van der Waals surface area contributed by atoms with E-state index in [9.17, 15) is 0 Å². The number of benzene rings is 1. The first-order valence-corrected chi connectivity index (χ1v) is 5.95. The van der Waals surface area contributed by atoms with Crippen LogP contribution in [0.4, 0.5) is 0 Å². The van der Waals surface area contributed by atoms with Crippen molar-refractivity contribution in [2.24, 2.45) is 17.6 Å². The van der Waals surface area contributed by atoms with Crippen molar-refractivity contribution in [1.29, 1.82) is 0 Å². The van der Waals surface area contributed by atoms with Gasteiger partial charge in [-0.25, -0.2) is 0 Å². The topological polar surface area (TPSA) is 26.0 Å². The molecule has 3 atom stereocenters. The van der Waals surface area contributed by atoms with Crippen LogP contribution >= 0.6 is 0 Å². The number of nitrogens with two attached hydrogens (primary N) is 1. The first-order chi connectivity index (χ1) is 7.11. The highest BCUT2D eigenvalue weighted by Crippen LogP contribution is 2.46. The van der Waals surface area contributed by atoms with Crippen molar-refractivity contribution in [1.82, 2.24) is 0 Å². The smallest absolute Gasteiger partial charge is 0.0329 e. The van der Waals surface area contributed by atoms with E-state index in [4.69, 9.17) is 5.73 Å². The van der Waals surface area contributed by atoms with E-state index in [1.54, 1.807) is 0 Å². The van der Waals surface area contributed by atoms with Gasteiger partial charge >= 0.3 is 0 Å². The van der Waals surface area contributed by atoms with Gasteiger partial charge in [0.1, 0.15) is 0 Å². The zero-order valence-electron chi connectivity index (χ0n) is 9.90. The number of hydrogen-bond acceptors (Lipinski definition) is 1. The van der Waals surface area contributed by atoms with Crippen LogP contribution in [0.15, 0.2) is 24.3 Å². The van der Waals surface area contributed by atoms with Gasteiger partial charge in [0, 0.05) is 6.04 Å². The van der Waals surface area contributed by atoms with Gasteiger partial charge in [-0.1, -0.05) is 45.0 Å². The normalized spacial score (nSPS) is 29.5. The SMILES string of the molecule is CC(C)CC1c2ccccc2C(N)C1C. The molecule has 2 N–H and O–H groups in total. The molecule has 0 spiro atoms. The Morgan fingerprint density at radius 2 is 1.80 bits per heavy atom. The molecule has 15 heavy (non-hydrogen) atoms. The van der Waals surface area contributed by atoms with E-state index >= 15 is 0 Å². The molecule has 0 aromatic heterocycles. The van der Waals surface area contributed by atoms with Crippen LogP contribution in [0.5, 0.6) is 0 Å². The maximum atomic E-state index is 6.26. The average Bonchev–Trinajstić information content (AvgIpc) is 2.44. The second-order valence-electron chi connectivity index (χ2n) is 5.25. The lowest BCUT2D eigenvalue weighted by Gasteiger charge is -2.20. The summed E-state index contributed by atoms with van der Waals surface area (Å²) in [4.78, 5) is 0. The summed E-state index contributed by atoms with van der Waals surface area (Å²) in [5.41, 5.74) is 9.12. The summed E-state index contributed by atoms with van der Waals surface area (Å²) in [5, 5.41) is 0. The van der Waals surface area contributed by atoms with E-state index in [0.29, 0.717) is 11.8 Å². The molecule has 2 rings (SSSR count). The summed E-state index contributed by atoms with van der Waals surface area (Å²) in [6.07, 6.45) is 1.26. The van der Waals surface area contributed by atoms with Crippen molar-refractivity contribution < 1.29 is 0 Å². The number of rotatable bonds is 2. The van der Waals surface area contributed by atoms with Crippen molar-refractivity contribution >= 4 is 0 Å². The van der Waals surface area contributed by atoms with Gasteiger partial charge in [0.15, 0.2) is 0 Å². The van der Waals surface area contributed by atoms with Gasteiger partial charge in [-0.3, -0.25) is 0 Å². The van der Waals surface area contributed by atoms with Crippen molar-refractivity contribution in [3.05, 3.63) is 35.4 Å². The van der Waals surface area contributed by atoms with Gasteiger partial charge in [0.05, 0.1) is 0 Å². The van der Waals surface area contributed by atoms with Crippen LogP contribution in [0.2, 0.25) is 0 Å². The molecule has 82 valence electrons. The summed E-state index contributed by atoms with van der Waals surface area (Å²) >= 11 is 0. The van der Waals surface area contributed by atoms with Crippen LogP contribution in [0.3, 0.4) is 0 Å². The Bertz CT molecular complexity index is 343. The molecule has 0 radical (unpaired) electrons. The van der Waals surface area contributed by atoms with Gasteiger partial charge in [-0.2, -0.15) is 0 Å². The predicted octanol–water partition coefficient (Wildman–Crippen LogP) is 3.47. The van der Waals surface area contributed by atoms with Crippen LogP contribution < -0.4 is 5.73 Å². The fourth-order valence-corrected chi connectivity index (χ4v) is 2.82. The summed E-state index contributed by atoms with van der Waals surface area (Å²) in [6.45, 7) is 6.87. The minimum absolute atomic E-state index is 0.241. The molecule has 3 unspecified atom stereocenters. The second-order valence-corrected chi connectivity index (χ2v) is 5.25. The van der Waals surface area contributed by atoms with Crippen molar-refractivity contribution in [2.75, 3.05) is 0 Å². The molecular weight excluding hydrogens is 182 g/mol. The summed E-state index contributed by atoms with van der Waals surface area (Å²) in [7, 11) is 0. The Labute approximate surface area is 92.7 Å². The van der Waals surface area contributed by atoms with Crippen molar-refractivity contribution in [3.8, 4) is 0 Å². The number of hydrogen-bond donors (Lipinski definition) is 1. The maximum Gasteiger partial charge on any atom is 0.0329 e. The third kappa shape index (κ3) is 1.81. The van der Waals surface area contributed by atoms with Crippen LogP contribution in [-0.2, 0) is 0 Å². The molecule has 1 aliphatic rings. The fraction of sp³-hybridized carbons (Fsp3) is 0.571. The minimum Gasteiger partial charge on any atom is -0.324 e. The third-order valence-corrected chi connectivity index (χ3v) is 3.68. The summed E-state index contributed by atoms with van der Waals surface area (Å²) < 4.78 is 0. The van der Waals surface area contributed by atoms with Crippen molar-refractivity contribution in [2.45, 2.75) is 39.2 Å². The first-order valence-electron chi connectivity index (χ1n) is 5.95. The van der Waals surface area contributed by atoms with Crippen LogP contribution in [-0.4, -0.2) is 0 Å². The van der Waals surface area contributed by atoms with E-state index in [2.05, 4.69) is 45.0 Å². The molecular formula is C14H21N. The van der Waals surface area contributed by atoms with E-state index in [-0.39, 0.29) is 6.04 Å². The van der Waals surface area contributed by atoms with Crippen LogP contribution in [0, 0.1) is 11.8 Å². The Hall–Kier alpha value is -0.820. The van der Waals surface area contributed by atoms with Gasteiger partial charge in [-0.15, -0.1) is 0 Å². The maximum absolute atomic E-state index is 6.26. The van der Waals surface area contributed by atoms with E-state index in [0.717, 1.165) is 5.92 Å². The largest absolute Gasteiger partial charge is 0.324 e. The van der Waals surface area contributed by atoms with Crippen LogP contribution in [0.25, 0.3) is 0 Å². The average molecular weight is 203 g/mol. The van der Waals surface area contributed by atoms with E-state index in [1.807, 2.05) is 0 Å². The van der Waals surface area contributed by atoms with E-state index in [1.165, 1.54) is 17.5 Å². The third-order valence-electron chi connectivity index (χ3n) is 3.68. The van der Waals surface area contributed by atoms with Crippen LogP contribution in [0.1, 0.15) is 50.3 Å².